The second-order valence-electron chi connectivity index (χ2n) is 4.46. The molecule has 1 aliphatic carbocycles. The second kappa shape index (κ2) is 4.99. The summed E-state index contributed by atoms with van der Waals surface area (Å²) in [5.74, 6) is 2.33. The molecule has 0 atom stereocenters. The molecule has 0 spiro atoms. The Morgan fingerprint density at radius 1 is 1.31 bits per heavy atom. The van der Waals surface area contributed by atoms with Crippen LogP contribution in [0.3, 0.4) is 0 Å². The van der Waals surface area contributed by atoms with Gasteiger partial charge in [0.2, 0.25) is 0 Å². The second-order valence-corrected chi connectivity index (χ2v) is 4.72. The van der Waals surface area contributed by atoms with Crippen molar-refractivity contribution in [1.82, 2.24) is 0 Å². The lowest BCUT2D eigenvalue weighted by Gasteiger charge is -2.29. The maximum absolute atomic E-state index is 11.3. The van der Waals surface area contributed by atoms with E-state index in [0.29, 0.717) is 0 Å². The van der Waals surface area contributed by atoms with Crippen LogP contribution in [0.1, 0.15) is 39.5 Å². The average Bonchev–Trinajstić information content (AvgIpc) is 2.17. The molecule has 0 heterocycles. The van der Waals surface area contributed by atoms with Crippen molar-refractivity contribution in [2.75, 3.05) is 5.88 Å². The number of ketones is 1. The summed E-state index contributed by atoms with van der Waals surface area (Å²) in [5, 5.41) is 0. The summed E-state index contributed by atoms with van der Waals surface area (Å²) in [6.07, 6.45) is 4.55. The molecule has 1 rings (SSSR count). The average molecular weight is 203 g/mol. The van der Waals surface area contributed by atoms with Gasteiger partial charge in [0.05, 0.1) is 5.88 Å². The van der Waals surface area contributed by atoms with Gasteiger partial charge in [0.25, 0.3) is 0 Å². The van der Waals surface area contributed by atoms with Crippen LogP contribution in [0.4, 0.5) is 0 Å². The maximum Gasteiger partial charge on any atom is 0.150 e. The number of halogens is 1. The quantitative estimate of drug-likeness (QED) is 0.643. The number of rotatable bonds is 3. The van der Waals surface area contributed by atoms with Gasteiger partial charge in [-0.3, -0.25) is 4.79 Å². The van der Waals surface area contributed by atoms with E-state index in [2.05, 4.69) is 13.8 Å². The third-order valence-electron chi connectivity index (χ3n) is 3.30. The van der Waals surface area contributed by atoms with Crippen molar-refractivity contribution in [3.8, 4) is 0 Å². The number of carbonyl (C=O) groups is 1. The predicted octanol–water partition coefficient (Wildman–Crippen LogP) is 3.26. The van der Waals surface area contributed by atoms with Crippen molar-refractivity contribution in [3.05, 3.63) is 0 Å². The van der Waals surface area contributed by atoms with Crippen molar-refractivity contribution in [2.45, 2.75) is 39.5 Å². The smallest absolute Gasteiger partial charge is 0.150 e. The highest BCUT2D eigenvalue weighted by atomic mass is 35.5. The topological polar surface area (TPSA) is 17.1 Å². The normalized spacial score (nSPS) is 29.2. The zero-order valence-corrected chi connectivity index (χ0v) is 9.31. The molecule has 0 aliphatic heterocycles. The summed E-state index contributed by atoms with van der Waals surface area (Å²) >= 11 is 5.53. The van der Waals surface area contributed by atoms with Gasteiger partial charge in [0.15, 0.2) is 5.78 Å². The molecule has 0 amide bonds. The number of alkyl halides is 1. The molecule has 0 N–H and O–H groups in total. The van der Waals surface area contributed by atoms with Crippen molar-refractivity contribution in [1.29, 1.82) is 0 Å². The fourth-order valence-electron chi connectivity index (χ4n) is 2.22. The standard InChI is InChI=1S/C11H19ClO/c1-8(2)9-3-5-10(6-4-9)11(13)7-12/h8-10H,3-7H2,1-2H3. The Kier molecular flexibility index (Phi) is 4.24. The molecular formula is C11H19ClO. The first-order valence-electron chi connectivity index (χ1n) is 5.23. The summed E-state index contributed by atoms with van der Waals surface area (Å²) < 4.78 is 0. The van der Waals surface area contributed by atoms with E-state index in [1.807, 2.05) is 0 Å². The van der Waals surface area contributed by atoms with E-state index in [9.17, 15) is 4.79 Å². The Hall–Kier alpha value is -0.0400. The van der Waals surface area contributed by atoms with Crippen LogP contribution >= 0.6 is 11.6 Å². The Labute approximate surface area is 85.8 Å². The molecule has 13 heavy (non-hydrogen) atoms. The van der Waals surface area contributed by atoms with E-state index in [1.54, 1.807) is 0 Å². The Balaban J connectivity index is 2.34. The van der Waals surface area contributed by atoms with Crippen molar-refractivity contribution in [3.63, 3.8) is 0 Å². The Morgan fingerprint density at radius 3 is 2.23 bits per heavy atom. The first-order chi connectivity index (χ1) is 6.15. The number of hydrogen-bond donors (Lipinski definition) is 0. The summed E-state index contributed by atoms with van der Waals surface area (Å²) in [6, 6.07) is 0. The summed E-state index contributed by atoms with van der Waals surface area (Å²) in [4.78, 5) is 11.3. The van der Waals surface area contributed by atoms with E-state index >= 15 is 0 Å². The SMILES string of the molecule is CC(C)C1CCC(C(=O)CCl)CC1. The molecule has 0 aromatic rings. The molecule has 76 valence electrons. The highest BCUT2D eigenvalue weighted by molar-refractivity contribution is 6.27. The van der Waals surface area contributed by atoms with Crippen LogP contribution < -0.4 is 0 Å². The lowest BCUT2D eigenvalue weighted by Crippen LogP contribution is -2.24. The molecule has 1 nitrogen and oxygen atoms in total. The molecule has 1 aliphatic rings. The molecular weight excluding hydrogens is 184 g/mol. The van der Waals surface area contributed by atoms with E-state index in [-0.39, 0.29) is 17.6 Å². The van der Waals surface area contributed by atoms with Crippen LogP contribution in [0.2, 0.25) is 0 Å². The minimum Gasteiger partial charge on any atom is -0.298 e. The minimum atomic E-state index is 0.205. The van der Waals surface area contributed by atoms with Crippen molar-refractivity contribution >= 4 is 17.4 Å². The van der Waals surface area contributed by atoms with Gasteiger partial charge in [0, 0.05) is 5.92 Å². The van der Waals surface area contributed by atoms with Gasteiger partial charge < -0.3 is 0 Å². The Bertz CT molecular complexity index is 169. The summed E-state index contributed by atoms with van der Waals surface area (Å²) in [7, 11) is 0. The fraction of sp³-hybridized carbons (Fsp3) is 0.909. The maximum atomic E-state index is 11.3. The summed E-state index contributed by atoms with van der Waals surface area (Å²) in [5.41, 5.74) is 0. The van der Waals surface area contributed by atoms with Crippen LogP contribution in [-0.2, 0) is 4.79 Å². The molecule has 0 aromatic heterocycles. The lowest BCUT2D eigenvalue weighted by atomic mass is 9.76. The zero-order valence-electron chi connectivity index (χ0n) is 8.55. The van der Waals surface area contributed by atoms with E-state index < -0.39 is 0 Å². The van der Waals surface area contributed by atoms with Crippen LogP contribution in [0.25, 0.3) is 0 Å². The lowest BCUT2D eigenvalue weighted by molar-refractivity contribution is -0.121. The number of Topliss-reactive ketones (excluding diaryl/α,β-unsaturated/α-hetero) is 1. The zero-order chi connectivity index (χ0) is 9.84. The van der Waals surface area contributed by atoms with Gasteiger partial charge in [-0.25, -0.2) is 0 Å². The predicted molar refractivity (Wildman–Crippen MR) is 56.0 cm³/mol. The van der Waals surface area contributed by atoms with Crippen LogP contribution in [0, 0.1) is 17.8 Å². The van der Waals surface area contributed by atoms with Gasteiger partial charge in [-0.15, -0.1) is 11.6 Å². The van der Waals surface area contributed by atoms with Crippen molar-refractivity contribution in [2.24, 2.45) is 17.8 Å². The van der Waals surface area contributed by atoms with Gasteiger partial charge in [-0.1, -0.05) is 13.8 Å². The Morgan fingerprint density at radius 2 is 1.85 bits per heavy atom. The molecule has 0 aromatic carbocycles. The molecule has 0 saturated heterocycles. The number of carbonyl (C=O) groups excluding carboxylic acids is 1. The van der Waals surface area contributed by atoms with E-state index in [1.165, 1.54) is 12.8 Å². The van der Waals surface area contributed by atoms with E-state index in [0.717, 1.165) is 24.7 Å². The van der Waals surface area contributed by atoms with Gasteiger partial charge in [-0.05, 0) is 37.5 Å². The largest absolute Gasteiger partial charge is 0.298 e. The molecule has 2 heteroatoms. The third-order valence-corrected chi connectivity index (χ3v) is 3.57. The van der Waals surface area contributed by atoms with E-state index in [4.69, 9.17) is 11.6 Å². The molecule has 1 saturated carbocycles. The number of hydrogen-bond acceptors (Lipinski definition) is 1. The van der Waals surface area contributed by atoms with Gasteiger partial charge >= 0.3 is 0 Å². The highest BCUT2D eigenvalue weighted by Crippen LogP contribution is 2.33. The molecule has 1 fully saturated rings. The molecule has 0 bridgehead atoms. The highest BCUT2D eigenvalue weighted by Gasteiger charge is 2.26. The van der Waals surface area contributed by atoms with Crippen molar-refractivity contribution < 1.29 is 4.79 Å². The minimum absolute atomic E-state index is 0.205. The van der Waals surface area contributed by atoms with Crippen LogP contribution in [0.15, 0.2) is 0 Å². The summed E-state index contributed by atoms with van der Waals surface area (Å²) in [6.45, 7) is 4.54. The first kappa shape index (κ1) is 11.0. The van der Waals surface area contributed by atoms with Gasteiger partial charge in [-0.2, -0.15) is 0 Å². The van der Waals surface area contributed by atoms with Crippen LogP contribution in [0.5, 0.6) is 0 Å². The molecule has 0 unspecified atom stereocenters. The monoisotopic (exact) mass is 202 g/mol. The first-order valence-corrected chi connectivity index (χ1v) is 5.77. The van der Waals surface area contributed by atoms with Gasteiger partial charge in [0.1, 0.15) is 0 Å². The molecule has 0 radical (unpaired) electrons. The third kappa shape index (κ3) is 2.98. The fourth-order valence-corrected chi connectivity index (χ4v) is 2.44. The van der Waals surface area contributed by atoms with Crippen LogP contribution in [-0.4, -0.2) is 11.7 Å².